The van der Waals surface area contributed by atoms with Gasteiger partial charge in [-0.2, -0.15) is 0 Å². The maximum absolute atomic E-state index is 11.7. The lowest BCUT2D eigenvalue weighted by atomic mass is 10.1. The Labute approximate surface area is 200 Å². The number of phenolic OH excluding ortho intramolecular Hbond substituents is 1. The molecule has 2 aromatic carbocycles. The van der Waals surface area contributed by atoms with Crippen LogP contribution in [0.2, 0.25) is 0 Å². The van der Waals surface area contributed by atoms with E-state index in [9.17, 15) is 19.5 Å². The van der Waals surface area contributed by atoms with Crippen LogP contribution in [0.25, 0.3) is 10.8 Å². The number of rotatable bonds is 6. The van der Waals surface area contributed by atoms with Gasteiger partial charge in [0.05, 0.1) is 0 Å². The van der Waals surface area contributed by atoms with Gasteiger partial charge >= 0.3 is 17.9 Å². The Morgan fingerprint density at radius 3 is 2.03 bits per heavy atom. The van der Waals surface area contributed by atoms with E-state index in [-0.39, 0.29) is 18.1 Å². The zero-order chi connectivity index (χ0) is 23.6. The van der Waals surface area contributed by atoms with E-state index in [2.05, 4.69) is 31.9 Å². The van der Waals surface area contributed by atoms with Crippen LogP contribution in [0.3, 0.4) is 0 Å². The van der Waals surface area contributed by atoms with Crippen molar-refractivity contribution in [3.63, 3.8) is 0 Å². The van der Waals surface area contributed by atoms with Crippen molar-refractivity contribution in [1.82, 2.24) is 0 Å². The van der Waals surface area contributed by atoms with Crippen LogP contribution in [0.1, 0.15) is 20.8 Å². The van der Waals surface area contributed by atoms with Gasteiger partial charge in [-0.1, -0.05) is 0 Å². The van der Waals surface area contributed by atoms with Crippen molar-refractivity contribution in [3.05, 3.63) is 33.2 Å². The van der Waals surface area contributed by atoms with Crippen molar-refractivity contribution < 1.29 is 43.2 Å². The van der Waals surface area contributed by atoms with Crippen LogP contribution in [0, 0.1) is 0 Å². The molecule has 0 bridgehead atoms. The zero-order valence-electron chi connectivity index (χ0n) is 17.3. The molecule has 0 radical (unpaired) electrons. The molecule has 1 N–H and O–H groups in total. The van der Waals surface area contributed by atoms with Crippen LogP contribution in [0.5, 0.6) is 11.5 Å². The van der Waals surface area contributed by atoms with Gasteiger partial charge in [-0.25, -0.2) is 0 Å². The van der Waals surface area contributed by atoms with Gasteiger partial charge in [0.1, 0.15) is 12.7 Å². The van der Waals surface area contributed by atoms with Crippen molar-refractivity contribution in [3.8, 4) is 11.5 Å². The topological polar surface area (TPSA) is 118 Å². The first-order valence-corrected chi connectivity index (χ1v) is 11.1. The number of hydrogen-bond donors (Lipinski definition) is 1. The third-order valence-electron chi connectivity index (χ3n) is 4.52. The minimum absolute atomic E-state index is 0.0589. The SMILES string of the molecule is CC(=O)OCC1OC(Oc2cc3cc(Br)c(Br)cc3cc2O)C(OC(C)=O)C1OC(C)=O. The van der Waals surface area contributed by atoms with Crippen molar-refractivity contribution >= 4 is 60.5 Å². The minimum Gasteiger partial charge on any atom is -0.504 e. The lowest BCUT2D eigenvalue weighted by Crippen LogP contribution is -2.42. The molecule has 1 fully saturated rings. The average Bonchev–Trinajstić information content (AvgIpc) is 2.98. The number of hydrogen-bond acceptors (Lipinski definition) is 9. The number of carbonyl (C=O) groups is 3. The van der Waals surface area contributed by atoms with E-state index in [0.29, 0.717) is 0 Å². The first-order valence-electron chi connectivity index (χ1n) is 9.47. The van der Waals surface area contributed by atoms with E-state index in [1.807, 2.05) is 12.1 Å². The molecule has 4 atom stereocenters. The number of ether oxygens (including phenoxy) is 5. The number of benzene rings is 2. The number of esters is 3. The molecule has 1 aliphatic rings. The monoisotopic (exact) mass is 574 g/mol. The number of aromatic hydroxyl groups is 1. The Morgan fingerprint density at radius 1 is 0.906 bits per heavy atom. The number of carbonyl (C=O) groups excluding carboxylic acids is 3. The van der Waals surface area contributed by atoms with Gasteiger partial charge in [-0.05, 0) is 66.9 Å². The summed E-state index contributed by atoms with van der Waals surface area (Å²) in [4.78, 5) is 34.6. The summed E-state index contributed by atoms with van der Waals surface area (Å²) in [6.45, 7) is 3.34. The summed E-state index contributed by atoms with van der Waals surface area (Å²) in [6.07, 6.45) is -4.45. The Bertz CT molecular complexity index is 1060. The number of phenols is 1. The maximum Gasteiger partial charge on any atom is 0.303 e. The van der Waals surface area contributed by atoms with Gasteiger partial charge in [0, 0.05) is 29.7 Å². The second kappa shape index (κ2) is 10.1. The molecular formula is C21H20Br2O9. The summed E-state index contributed by atoms with van der Waals surface area (Å²) in [7, 11) is 0. The Morgan fingerprint density at radius 2 is 1.47 bits per heavy atom. The molecule has 2 aromatic rings. The van der Waals surface area contributed by atoms with Crippen molar-refractivity contribution in [1.29, 1.82) is 0 Å². The predicted octanol–water partition coefficient (Wildman–Crippen LogP) is 3.60. The van der Waals surface area contributed by atoms with Crippen LogP contribution in [-0.2, 0) is 33.3 Å². The highest BCUT2D eigenvalue weighted by Crippen LogP contribution is 2.38. The fraction of sp³-hybridized carbons (Fsp3) is 0.381. The Balaban J connectivity index is 1.93. The van der Waals surface area contributed by atoms with Crippen LogP contribution in [0.4, 0.5) is 0 Å². The first kappa shape index (κ1) is 24.3. The van der Waals surface area contributed by atoms with Gasteiger partial charge in [0.15, 0.2) is 17.6 Å². The fourth-order valence-corrected chi connectivity index (χ4v) is 3.97. The summed E-state index contributed by atoms with van der Waals surface area (Å²) in [5.74, 6) is -1.98. The standard InChI is InChI=1S/C21H20Br2O9/c1-9(24)28-8-18-19(29-10(2)25)20(30-11(3)26)21(32-18)31-17-7-13-5-15(23)14(22)4-12(13)6-16(17)27/h4-7,18-21,27H,8H2,1-3H3. The van der Waals surface area contributed by atoms with Gasteiger partial charge < -0.3 is 28.8 Å². The van der Waals surface area contributed by atoms with Gasteiger partial charge in [0.25, 0.3) is 0 Å². The molecule has 0 aliphatic carbocycles. The molecule has 172 valence electrons. The number of halogens is 2. The van der Waals surface area contributed by atoms with Crippen molar-refractivity contribution in [2.45, 2.75) is 45.4 Å². The second-order valence-corrected chi connectivity index (χ2v) is 8.75. The largest absolute Gasteiger partial charge is 0.504 e. The smallest absolute Gasteiger partial charge is 0.303 e. The lowest BCUT2D eigenvalue weighted by Gasteiger charge is -2.23. The third kappa shape index (κ3) is 5.70. The molecule has 0 spiro atoms. The fourth-order valence-electron chi connectivity index (χ4n) is 3.25. The molecule has 1 saturated heterocycles. The highest BCUT2D eigenvalue weighted by atomic mass is 79.9. The van der Waals surface area contributed by atoms with Gasteiger partial charge in [0.2, 0.25) is 12.4 Å². The molecule has 0 amide bonds. The molecular weight excluding hydrogens is 556 g/mol. The summed E-state index contributed by atoms with van der Waals surface area (Å²) in [5.41, 5.74) is 0. The molecule has 1 aliphatic heterocycles. The summed E-state index contributed by atoms with van der Waals surface area (Å²) in [5, 5.41) is 12.0. The van der Waals surface area contributed by atoms with Crippen LogP contribution >= 0.6 is 31.9 Å². The predicted molar refractivity (Wildman–Crippen MR) is 118 cm³/mol. The van der Waals surface area contributed by atoms with Crippen LogP contribution in [0.15, 0.2) is 33.2 Å². The van der Waals surface area contributed by atoms with Gasteiger partial charge in [-0.15, -0.1) is 0 Å². The molecule has 0 aromatic heterocycles. The Kier molecular flexibility index (Phi) is 7.63. The average molecular weight is 576 g/mol. The highest BCUT2D eigenvalue weighted by Gasteiger charge is 2.51. The normalized spacial score (nSPS) is 22.4. The highest BCUT2D eigenvalue weighted by molar-refractivity contribution is 9.13. The second-order valence-electron chi connectivity index (χ2n) is 7.04. The van der Waals surface area contributed by atoms with Crippen molar-refractivity contribution in [2.75, 3.05) is 6.61 Å². The summed E-state index contributed by atoms with van der Waals surface area (Å²) in [6, 6.07) is 6.76. The quantitative estimate of drug-likeness (QED) is 0.407. The molecule has 9 nitrogen and oxygen atoms in total. The number of fused-ring (bicyclic) bond motifs is 1. The molecule has 4 unspecified atom stereocenters. The van der Waals surface area contributed by atoms with E-state index in [4.69, 9.17) is 23.7 Å². The van der Waals surface area contributed by atoms with E-state index in [0.717, 1.165) is 19.7 Å². The zero-order valence-corrected chi connectivity index (χ0v) is 20.5. The Hall–Kier alpha value is -2.37. The third-order valence-corrected chi connectivity index (χ3v) is 6.37. The maximum atomic E-state index is 11.7. The minimum atomic E-state index is -1.24. The lowest BCUT2D eigenvalue weighted by molar-refractivity contribution is -0.170. The van der Waals surface area contributed by atoms with E-state index in [1.165, 1.54) is 26.8 Å². The first-order chi connectivity index (χ1) is 15.0. The summed E-state index contributed by atoms with van der Waals surface area (Å²) < 4.78 is 28.8. The summed E-state index contributed by atoms with van der Waals surface area (Å²) >= 11 is 6.84. The van der Waals surface area contributed by atoms with E-state index >= 15 is 0 Å². The van der Waals surface area contributed by atoms with E-state index < -0.39 is 42.5 Å². The molecule has 1 heterocycles. The van der Waals surface area contributed by atoms with Crippen molar-refractivity contribution in [2.24, 2.45) is 0 Å². The molecule has 11 heteroatoms. The molecule has 32 heavy (non-hydrogen) atoms. The molecule has 3 rings (SSSR count). The van der Waals surface area contributed by atoms with Gasteiger partial charge in [-0.3, -0.25) is 14.4 Å². The molecule has 0 saturated carbocycles. The van der Waals surface area contributed by atoms with Crippen LogP contribution in [-0.4, -0.2) is 54.2 Å². The van der Waals surface area contributed by atoms with Crippen LogP contribution < -0.4 is 4.74 Å². The van der Waals surface area contributed by atoms with E-state index in [1.54, 1.807) is 6.07 Å².